The average molecular weight is 310 g/mol. The van der Waals surface area contributed by atoms with Crippen molar-refractivity contribution in [2.45, 2.75) is 32.6 Å². The SMILES string of the molecule is Cc1cc(=O)n(-c2sc3c(c2C#N)CCCC3)c(N)c1C#N. The molecular formula is C16H14N4OS. The average Bonchev–Trinajstić information content (AvgIpc) is 2.85. The van der Waals surface area contributed by atoms with Crippen molar-refractivity contribution >= 4 is 17.2 Å². The monoisotopic (exact) mass is 310 g/mol. The summed E-state index contributed by atoms with van der Waals surface area (Å²) in [7, 11) is 0. The van der Waals surface area contributed by atoms with Crippen LogP contribution in [0.5, 0.6) is 0 Å². The molecule has 2 heterocycles. The second kappa shape index (κ2) is 5.32. The van der Waals surface area contributed by atoms with Crippen molar-refractivity contribution < 1.29 is 0 Å². The number of thiophene rings is 1. The molecule has 0 amide bonds. The maximum absolute atomic E-state index is 12.4. The fourth-order valence-electron chi connectivity index (χ4n) is 2.93. The lowest BCUT2D eigenvalue weighted by Crippen LogP contribution is -2.22. The maximum atomic E-state index is 12.4. The number of rotatable bonds is 1. The van der Waals surface area contributed by atoms with Crippen LogP contribution in [0, 0.1) is 29.6 Å². The molecule has 0 spiro atoms. The van der Waals surface area contributed by atoms with Crippen LogP contribution in [0.25, 0.3) is 5.00 Å². The van der Waals surface area contributed by atoms with Crippen LogP contribution in [0.2, 0.25) is 0 Å². The molecule has 2 aromatic heterocycles. The Morgan fingerprint density at radius 2 is 1.91 bits per heavy atom. The van der Waals surface area contributed by atoms with Crippen LogP contribution in [0.1, 0.15) is 40.0 Å². The normalized spacial score (nSPS) is 13.2. The molecule has 0 aliphatic heterocycles. The molecule has 1 aliphatic carbocycles. The van der Waals surface area contributed by atoms with E-state index in [9.17, 15) is 15.3 Å². The van der Waals surface area contributed by atoms with Crippen molar-refractivity contribution in [2.75, 3.05) is 5.73 Å². The molecule has 0 radical (unpaired) electrons. The van der Waals surface area contributed by atoms with Gasteiger partial charge in [0, 0.05) is 10.9 Å². The quantitative estimate of drug-likeness (QED) is 0.874. The molecule has 110 valence electrons. The van der Waals surface area contributed by atoms with Crippen LogP contribution in [-0.2, 0) is 12.8 Å². The minimum atomic E-state index is -0.302. The van der Waals surface area contributed by atoms with Gasteiger partial charge in [-0.15, -0.1) is 11.3 Å². The lowest BCUT2D eigenvalue weighted by atomic mass is 9.96. The summed E-state index contributed by atoms with van der Waals surface area (Å²) in [6.45, 7) is 1.69. The molecule has 1 aliphatic rings. The Hall–Kier alpha value is -2.57. The lowest BCUT2D eigenvalue weighted by molar-refractivity contribution is 0.695. The molecule has 0 unspecified atom stereocenters. The summed E-state index contributed by atoms with van der Waals surface area (Å²) in [6, 6.07) is 5.66. The molecule has 5 nitrogen and oxygen atoms in total. The predicted octanol–water partition coefficient (Wildman–Crippen LogP) is 2.41. The van der Waals surface area contributed by atoms with Crippen LogP contribution in [-0.4, -0.2) is 4.57 Å². The van der Waals surface area contributed by atoms with E-state index in [2.05, 4.69) is 6.07 Å². The van der Waals surface area contributed by atoms with E-state index in [1.807, 2.05) is 6.07 Å². The number of hydrogen-bond acceptors (Lipinski definition) is 5. The smallest absolute Gasteiger partial charge is 0.257 e. The molecule has 3 rings (SSSR count). The van der Waals surface area contributed by atoms with Crippen LogP contribution in [0.15, 0.2) is 10.9 Å². The van der Waals surface area contributed by atoms with Gasteiger partial charge in [-0.25, -0.2) is 0 Å². The number of nitrogens with zero attached hydrogens (tertiary/aromatic N) is 3. The van der Waals surface area contributed by atoms with E-state index in [0.717, 1.165) is 36.1 Å². The minimum Gasteiger partial charge on any atom is -0.384 e. The van der Waals surface area contributed by atoms with Gasteiger partial charge in [-0.05, 0) is 43.7 Å². The number of hydrogen-bond donors (Lipinski definition) is 1. The van der Waals surface area contributed by atoms with Gasteiger partial charge in [-0.2, -0.15) is 10.5 Å². The first-order valence-electron chi connectivity index (χ1n) is 7.05. The molecule has 0 bridgehead atoms. The predicted molar refractivity (Wildman–Crippen MR) is 85.1 cm³/mol. The van der Waals surface area contributed by atoms with E-state index in [1.54, 1.807) is 6.92 Å². The lowest BCUT2D eigenvalue weighted by Gasteiger charge is -2.11. The third-order valence-electron chi connectivity index (χ3n) is 4.03. The van der Waals surface area contributed by atoms with E-state index < -0.39 is 0 Å². The van der Waals surface area contributed by atoms with Gasteiger partial charge in [0.2, 0.25) is 0 Å². The molecule has 2 aromatic rings. The number of nitrogens with two attached hydrogens (primary N) is 1. The minimum absolute atomic E-state index is 0.114. The van der Waals surface area contributed by atoms with Crippen molar-refractivity contribution in [1.82, 2.24) is 4.57 Å². The zero-order valence-electron chi connectivity index (χ0n) is 12.1. The maximum Gasteiger partial charge on any atom is 0.257 e. The first-order valence-corrected chi connectivity index (χ1v) is 7.87. The summed E-state index contributed by atoms with van der Waals surface area (Å²) in [5.74, 6) is 0.114. The number of aryl methyl sites for hydroxylation is 2. The summed E-state index contributed by atoms with van der Waals surface area (Å²) >= 11 is 1.44. The van der Waals surface area contributed by atoms with Crippen LogP contribution in [0.4, 0.5) is 5.82 Å². The Balaban J connectivity index is 2.35. The standard InChI is InChI=1S/C16H14N4OS/c1-9-6-14(21)20(15(19)11(9)7-17)16-12(8-18)10-4-2-3-5-13(10)22-16/h6H,2-5,19H2,1H3. The van der Waals surface area contributed by atoms with Gasteiger partial charge in [0.15, 0.2) is 0 Å². The van der Waals surface area contributed by atoms with Crippen molar-refractivity contribution in [3.05, 3.63) is 43.6 Å². The summed E-state index contributed by atoms with van der Waals surface area (Å²) in [4.78, 5) is 13.5. The third kappa shape index (κ3) is 2.01. The summed E-state index contributed by atoms with van der Waals surface area (Å²) in [5, 5.41) is 19.3. The number of pyridine rings is 1. The molecule has 0 fully saturated rings. The molecule has 0 saturated heterocycles. The highest BCUT2D eigenvalue weighted by Gasteiger charge is 2.24. The summed E-state index contributed by atoms with van der Waals surface area (Å²) in [6.07, 6.45) is 3.94. The van der Waals surface area contributed by atoms with Gasteiger partial charge in [0.25, 0.3) is 5.56 Å². The summed E-state index contributed by atoms with van der Waals surface area (Å²) in [5.41, 5.74) is 8.16. The Morgan fingerprint density at radius 1 is 1.23 bits per heavy atom. The van der Waals surface area contributed by atoms with Crippen molar-refractivity contribution in [1.29, 1.82) is 10.5 Å². The van der Waals surface area contributed by atoms with E-state index in [4.69, 9.17) is 5.73 Å². The Morgan fingerprint density at radius 3 is 2.59 bits per heavy atom. The van der Waals surface area contributed by atoms with Crippen LogP contribution < -0.4 is 11.3 Å². The van der Waals surface area contributed by atoms with Crippen LogP contribution in [0.3, 0.4) is 0 Å². The Kier molecular flexibility index (Phi) is 3.48. The van der Waals surface area contributed by atoms with Gasteiger partial charge in [0.05, 0.1) is 11.1 Å². The topological polar surface area (TPSA) is 95.6 Å². The second-order valence-electron chi connectivity index (χ2n) is 5.38. The highest BCUT2D eigenvalue weighted by atomic mass is 32.1. The third-order valence-corrected chi connectivity index (χ3v) is 5.31. The van der Waals surface area contributed by atoms with E-state index >= 15 is 0 Å². The first kappa shape index (κ1) is 14.4. The van der Waals surface area contributed by atoms with Crippen molar-refractivity contribution in [3.63, 3.8) is 0 Å². The highest BCUT2D eigenvalue weighted by molar-refractivity contribution is 7.15. The van der Waals surface area contributed by atoms with E-state index in [-0.39, 0.29) is 16.9 Å². The zero-order valence-corrected chi connectivity index (χ0v) is 13.0. The zero-order chi connectivity index (χ0) is 15.9. The van der Waals surface area contributed by atoms with E-state index in [0.29, 0.717) is 16.1 Å². The van der Waals surface area contributed by atoms with Gasteiger partial charge in [-0.3, -0.25) is 9.36 Å². The summed E-state index contributed by atoms with van der Waals surface area (Å²) < 4.78 is 1.31. The first-order chi connectivity index (χ1) is 10.6. The van der Waals surface area contributed by atoms with Crippen molar-refractivity contribution in [3.8, 4) is 17.1 Å². The fraction of sp³-hybridized carbons (Fsp3) is 0.312. The molecule has 0 aromatic carbocycles. The van der Waals surface area contributed by atoms with Gasteiger partial charge in [-0.1, -0.05) is 0 Å². The number of nitriles is 2. The molecule has 0 saturated carbocycles. The highest BCUT2D eigenvalue weighted by Crippen LogP contribution is 2.37. The molecule has 22 heavy (non-hydrogen) atoms. The molecule has 0 atom stereocenters. The Bertz CT molecular complexity index is 908. The van der Waals surface area contributed by atoms with Crippen LogP contribution >= 0.6 is 11.3 Å². The number of anilines is 1. The largest absolute Gasteiger partial charge is 0.384 e. The molecule has 2 N–H and O–H groups in total. The number of aromatic nitrogens is 1. The van der Waals surface area contributed by atoms with E-state index in [1.165, 1.54) is 22.0 Å². The number of fused-ring (bicyclic) bond motifs is 1. The number of nitrogen functional groups attached to an aromatic ring is 1. The van der Waals surface area contributed by atoms with Gasteiger partial charge in [0.1, 0.15) is 23.0 Å². The second-order valence-corrected chi connectivity index (χ2v) is 6.46. The Labute approximate surface area is 131 Å². The molecular weight excluding hydrogens is 296 g/mol. The van der Waals surface area contributed by atoms with Gasteiger partial charge < -0.3 is 5.73 Å². The van der Waals surface area contributed by atoms with Crippen molar-refractivity contribution in [2.24, 2.45) is 0 Å². The fourth-order valence-corrected chi connectivity index (χ4v) is 4.29. The molecule has 6 heteroatoms. The van der Waals surface area contributed by atoms with Gasteiger partial charge >= 0.3 is 0 Å².